The molecule has 0 unspecified atom stereocenters. The van der Waals surface area contributed by atoms with Gasteiger partial charge in [0.25, 0.3) is 0 Å². The largest absolute Gasteiger partial charge is 0.493 e. The average Bonchev–Trinajstić information content (AvgIpc) is 2.62. The predicted molar refractivity (Wildman–Crippen MR) is 95.4 cm³/mol. The first-order chi connectivity index (χ1) is 11.4. The summed E-state index contributed by atoms with van der Waals surface area (Å²) in [5, 5.41) is 6.75. The van der Waals surface area contributed by atoms with E-state index in [0.29, 0.717) is 6.61 Å². The highest BCUT2D eigenvalue weighted by atomic mass is 16.5. The van der Waals surface area contributed by atoms with Crippen LogP contribution in [0.4, 0.5) is 5.69 Å². The average molecular weight is 309 g/mol. The first-order valence-electron chi connectivity index (χ1n) is 8.17. The van der Waals surface area contributed by atoms with Crippen molar-refractivity contribution in [3.63, 3.8) is 0 Å². The van der Waals surface area contributed by atoms with Crippen LogP contribution in [0.15, 0.2) is 59.7 Å². The van der Waals surface area contributed by atoms with Crippen molar-refractivity contribution in [3.05, 3.63) is 60.2 Å². The van der Waals surface area contributed by atoms with E-state index in [1.165, 1.54) is 5.69 Å². The molecular weight excluding hydrogens is 286 g/mol. The van der Waals surface area contributed by atoms with Crippen LogP contribution in [0.1, 0.15) is 12.5 Å². The predicted octanol–water partition coefficient (Wildman–Crippen LogP) is 3.24. The molecule has 2 aromatic carbocycles. The lowest BCUT2D eigenvalue weighted by molar-refractivity contribution is 0.272. The topological polar surface area (TPSA) is 28.1 Å². The van der Waals surface area contributed by atoms with Crippen LogP contribution in [0.2, 0.25) is 0 Å². The zero-order valence-corrected chi connectivity index (χ0v) is 13.6. The molecule has 0 aromatic heterocycles. The Morgan fingerprint density at radius 2 is 1.65 bits per heavy atom. The lowest BCUT2D eigenvalue weighted by Crippen LogP contribution is -2.44. The normalized spacial score (nSPS) is 15.2. The molecule has 0 bridgehead atoms. The third-order valence-corrected chi connectivity index (χ3v) is 3.96. The van der Waals surface area contributed by atoms with Gasteiger partial charge in [-0.25, -0.2) is 0 Å². The first-order valence-corrected chi connectivity index (χ1v) is 8.17. The maximum Gasteiger partial charge on any atom is 0.128 e. The molecule has 1 aliphatic rings. The van der Waals surface area contributed by atoms with E-state index in [2.05, 4.69) is 45.3 Å². The number of rotatable bonds is 5. The second kappa shape index (κ2) is 7.68. The fourth-order valence-corrected chi connectivity index (χ4v) is 2.73. The van der Waals surface area contributed by atoms with Gasteiger partial charge in [0.1, 0.15) is 5.75 Å². The number of anilines is 1. The summed E-state index contributed by atoms with van der Waals surface area (Å²) < 4.78 is 5.63. The van der Waals surface area contributed by atoms with E-state index in [4.69, 9.17) is 4.74 Å². The molecule has 23 heavy (non-hydrogen) atoms. The van der Waals surface area contributed by atoms with Gasteiger partial charge in [-0.15, -0.1) is 0 Å². The van der Waals surface area contributed by atoms with E-state index in [9.17, 15) is 0 Å². The molecule has 0 aliphatic carbocycles. The standard InChI is InChI=1S/C19H23N3O/c1-2-23-19-11-7-6-8-17(19)16-20-22-14-12-21(13-15-22)18-9-4-3-5-10-18/h3-11,16H,2,12-15H2,1H3/b20-16-. The van der Waals surface area contributed by atoms with Crippen molar-refractivity contribution in [1.82, 2.24) is 5.01 Å². The molecule has 1 heterocycles. The third kappa shape index (κ3) is 4.03. The van der Waals surface area contributed by atoms with Gasteiger partial charge in [0.05, 0.1) is 25.9 Å². The molecule has 0 saturated carbocycles. The smallest absolute Gasteiger partial charge is 0.128 e. The van der Waals surface area contributed by atoms with Crippen molar-refractivity contribution in [2.75, 3.05) is 37.7 Å². The van der Waals surface area contributed by atoms with Crippen molar-refractivity contribution in [2.24, 2.45) is 5.10 Å². The van der Waals surface area contributed by atoms with Crippen LogP contribution in [0.25, 0.3) is 0 Å². The Kier molecular flexibility index (Phi) is 5.14. The monoisotopic (exact) mass is 309 g/mol. The summed E-state index contributed by atoms with van der Waals surface area (Å²) >= 11 is 0. The van der Waals surface area contributed by atoms with Crippen molar-refractivity contribution < 1.29 is 4.74 Å². The summed E-state index contributed by atoms with van der Waals surface area (Å²) in [5.41, 5.74) is 2.32. The van der Waals surface area contributed by atoms with Crippen LogP contribution < -0.4 is 9.64 Å². The molecule has 1 fully saturated rings. The molecule has 0 spiro atoms. The molecule has 1 saturated heterocycles. The quantitative estimate of drug-likeness (QED) is 0.794. The van der Waals surface area contributed by atoms with Gasteiger partial charge < -0.3 is 9.64 Å². The zero-order chi connectivity index (χ0) is 15.9. The van der Waals surface area contributed by atoms with Gasteiger partial charge in [0, 0.05) is 24.3 Å². The van der Waals surface area contributed by atoms with E-state index >= 15 is 0 Å². The Hall–Kier alpha value is -2.49. The first kappa shape index (κ1) is 15.4. The Bertz CT molecular complexity index is 634. The second-order valence-corrected chi connectivity index (χ2v) is 5.49. The van der Waals surface area contributed by atoms with Crippen LogP contribution in [-0.2, 0) is 0 Å². The Morgan fingerprint density at radius 1 is 0.957 bits per heavy atom. The fraction of sp³-hybridized carbons (Fsp3) is 0.316. The molecule has 3 rings (SSSR count). The Labute approximate surface area is 138 Å². The molecule has 0 radical (unpaired) electrons. The highest BCUT2D eigenvalue weighted by Crippen LogP contribution is 2.17. The van der Waals surface area contributed by atoms with Gasteiger partial charge >= 0.3 is 0 Å². The van der Waals surface area contributed by atoms with E-state index < -0.39 is 0 Å². The maximum absolute atomic E-state index is 5.63. The van der Waals surface area contributed by atoms with Crippen LogP contribution in [-0.4, -0.2) is 44.0 Å². The van der Waals surface area contributed by atoms with Crippen LogP contribution in [0.5, 0.6) is 5.75 Å². The molecule has 0 atom stereocenters. The van der Waals surface area contributed by atoms with Crippen molar-refractivity contribution in [1.29, 1.82) is 0 Å². The molecule has 120 valence electrons. The number of hydrazone groups is 1. The van der Waals surface area contributed by atoms with Gasteiger partial charge in [-0.1, -0.05) is 30.3 Å². The highest BCUT2D eigenvalue weighted by molar-refractivity contribution is 5.83. The number of ether oxygens (including phenoxy) is 1. The minimum absolute atomic E-state index is 0.667. The molecule has 2 aromatic rings. The number of hydrogen-bond donors (Lipinski definition) is 0. The number of para-hydroxylation sites is 2. The summed E-state index contributed by atoms with van der Waals surface area (Å²) in [6.07, 6.45) is 1.91. The minimum Gasteiger partial charge on any atom is -0.493 e. The van der Waals surface area contributed by atoms with Crippen LogP contribution in [0, 0.1) is 0 Å². The van der Waals surface area contributed by atoms with Gasteiger partial charge in [-0.2, -0.15) is 5.10 Å². The van der Waals surface area contributed by atoms with Crippen LogP contribution >= 0.6 is 0 Å². The van der Waals surface area contributed by atoms with Crippen molar-refractivity contribution in [2.45, 2.75) is 6.92 Å². The lowest BCUT2D eigenvalue weighted by atomic mass is 10.2. The number of benzene rings is 2. The Morgan fingerprint density at radius 3 is 2.39 bits per heavy atom. The van der Waals surface area contributed by atoms with E-state index in [-0.39, 0.29) is 0 Å². The van der Waals surface area contributed by atoms with Crippen molar-refractivity contribution >= 4 is 11.9 Å². The van der Waals surface area contributed by atoms with Gasteiger partial charge in [-0.3, -0.25) is 5.01 Å². The SMILES string of the molecule is CCOc1ccccc1/C=N\N1CCN(c2ccccc2)CC1. The second-order valence-electron chi connectivity index (χ2n) is 5.49. The fourth-order valence-electron chi connectivity index (χ4n) is 2.73. The van der Waals surface area contributed by atoms with E-state index in [1.807, 2.05) is 37.4 Å². The number of hydrogen-bond acceptors (Lipinski definition) is 4. The summed E-state index contributed by atoms with van der Waals surface area (Å²) in [4.78, 5) is 2.40. The molecule has 0 amide bonds. The number of piperazine rings is 1. The van der Waals surface area contributed by atoms with Crippen molar-refractivity contribution in [3.8, 4) is 5.75 Å². The maximum atomic E-state index is 5.63. The van der Waals surface area contributed by atoms with Crippen LogP contribution in [0.3, 0.4) is 0 Å². The molecular formula is C19H23N3O. The summed E-state index contributed by atoms with van der Waals surface area (Å²) in [6, 6.07) is 18.6. The molecule has 4 nitrogen and oxygen atoms in total. The molecule has 1 aliphatic heterocycles. The zero-order valence-electron chi connectivity index (χ0n) is 13.6. The minimum atomic E-state index is 0.667. The molecule has 0 N–H and O–H groups in total. The lowest BCUT2D eigenvalue weighted by Gasteiger charge is -2.34. The Balaban J connectivity index is 1.58. The van der Waals surface area contributed by atoms with Gasteiger partial charge in [-0.05, 0) is 31.2 Å². The molecule has 4 heteroatoms. The van der Waals surface area contributed by atoms with E-state index in [1.54, 1.807) is 0 Å². The van der Waals surface area contributed by atoms with Gasteiger partial charge in [0.15, 0.2) is 0 Å². The summed E-state index contributed by atoms with van der Waals surface area (Å²) in [7, 11) is 0. The van der Waals surface area contributed by atoms with Gasteiger partial charge in [0.2, 0.25) is 0 Å². The highest BCUT2D eigenvalue weighted by Gasteiger charge is 2.15. The third-order valence-electron chi connectivity index (χ3n) is 3.96. The van der Waals surface area contributed by atoms with E-state index in [0.717, 1.165) is 37.5 Å². The number of nitrogens with zero attached hydrogens (tertiary/aromatic N) is 3. The summed E-state index contributed by atoms with van der Waals surface area (Å²) in [5.74, 6) is 0.890. The summed E-state index contributed by atoms with van der Waals surface area (Å²) in [6.45, 7) is 6.52.